The highest BCUT2D eigenvalue weighted by atomic mass is 16.7. The molecule has 92 valence electrons. The Kier molecular flexibility index (Phi) is 2.77. The van der Waals surface area contributed by atoms with E-state index >= 15 is 0 Å². The van der Waals surface area contributed by atoms with Crippen LogP contribution < -0.4 is 0 Å². The Morgan fingerprint density at radius 3 is 2.56 bits per heavy atom. The lowest BCUT2D eigenvalue weighted by atomic mass is 9.83. The van der Waals surface area contributed by atoms with E-state index in [1.54, 1.807) is 0 Å². The van der Waals surface area contributed by atoms with Gasteiger partial charge in [0.25, 0.3) is 0 Å². The summed E-state index contributed by atoms with van der Waals surface area (Å²) in [4.78, 5) is 11.9. The molecule has 1 saturated carbocycles. The average Bonchev–Trinajstić information content (AvgIpc) is 3.06. The van der Waals surface area contributed by atoms with Crippen molar-refractivity contribution >= 4 is 5.97 Å². The number of hydrogen-bond acceptors (Lipinski definition) is 3. The van der Waals surface area contributed by atoms with Crippen LogP contribution in [0.5, 0.6) is 0 Å². The molecule has 0 N–H and O–H groups in total. The number of carbonyl (C=O) groups excluding carboxylic acids is 1. The number of epoxide rings is 1. The molecule has 1 aliphatic heterocycles. The lowest BCUT2D eigenvalue weighted by molar-refractivity contribution is -0.147. The van der Waals surface area contributed by atoms with E-state index in [1.807, 2.05) is 0 Å². The predicted molar refractivity (Wildman–Crippen MR) is 61.0 cm³/mol. The highest BCUT2D eigenvalue weighted by Gasteiger charge is 2.72. The normalized spacial score (nSPS) is 37.6. The molecule has 2 fully saturated rings. The zero-order chi connectivity index (χ0) is 12.0. The van der Waals surface area contributed by atoms with Gasteiger partial charge in [0.15, 0.2) is 5.60 Å². The van der Waals surface area contributed by atoms with E-state index in [4.69, 9.17) is 9.47 Å². The summed E-state index contributed by atoms with van der Waals surface area (Å²) >= 11 is 0. The van der Waals surface area contributed by atoms with Crippen LogP contribution in [0, 0.1) is 11.8 Å². The van der Waals surface area contributed by atoms with Crippen LogP contribution in [0.3, 0.4) is 0 Å². The van der Waals surface area contributed by atoms with Crippen LogP contribution in [0.1, 0.15) is 46.5 Å². The van der Waals surface area contributed by atoms with E-state index in [0.29, 0.717) is 5.92 Å². The maximum atomic E-state index is 11.9. The summed E-state index contributed by atoms with van der Waals surface area (Å²) in [7, 11) is 1.45. The Morgan fingerprint density at radius 2 is 2.12 bits per heavy atom. The van der Waals surface area contributed by atoms with E-state index in [9.17, 15) is 4.79 Å². The van der Waals surface area contributed by atoms with Gasteiger partial charge < -0.3 is 9.47 Å². The molecule has 0 aromatic heterocycles. The third-order valence-corrected chi connectivity index (χ3v) is 3.80. The van der Waals surface area contributed by atoms with Gasteiger partial charge in [-0.05, 0) is 31.6 Å². The van der Waals surface area contributed by atoms with Gasteiger partial charge in [0.1, 0.15) is 5.60 Å². The smallest absolute Gasteiger partial charge is 0.341 e. The fourth-order valence-corrected chi connectivity index (χ4v) is 2.78. The van der Waals surface area contributed by atoms with E-state index in [1.165, 1.54) is 20.0 Å². The first-order valence-electron chi connectivity index (χ1n) is 6.22. The Hall–Kier alpha value is -0.570. The fourth-order valence-electron chi connectivity index (χ4n) is 2.78. The number of rotatable bonds is 5. The van der Waals surface area contributed by atoms with Crippen LogP contribution in [0.15, 0.2) is 0 Å². The fraction of sp³-hybridized carbons (Fsp3) is 0.923. The molecule has 0 spiro atoms. The number of hydrogen-bond donors (Lipinski definition) is 0. The third kappa shape index (κ3) is 1.86. The maximum absolute atomic E-state index is 11.9. The highest BCUT2D eigenvalue weighted by molar-refractivity contribution is 5.84. The lowest BCUT2D eigenvalue weighted by Gasteiger charge is -2.16. The molecule has 1 saturated heterocycles. The number of esters is 1. The van der Waals surface area contributed by atoms with Crippen molar-refractivity contribution in [3.63, 3.8) is 0 Å². The molecule has 0 amide bonds. The topological polar surface area (TPSA) is 38.8 Å². The SMILES string of the molecule is COC(=O)C1(CC(C)C)OC1(C)CC1CC1. The molecule has 16 heavy (non-hydrogen) atoms. The van der Waals surface area contributed by atoms with Gasteiger partial charge in [-0.25, -0.2) is 4.79 Å². The minimum atomic E-state index is -0.654. The molecule has 0 radical (unpaired) electrons. The summed E-state index contributed by atoms with van der Waals surface area (Å²) in [5.74, 6) is 1.02. The molecular formula is C13H22O3. The van der Waals surface area contributed by atoms with Crippen LogP contribution >= 0.6 is 0 Å². The Bertz CT molecular complexity index is 296. The van der Waals surface area contributed by atoms with Gasteiger partial charge in [-0.2, -0.15) is 0 Å². The third-order valence-electron chi connectivity index (χ3n) is 3.80. The Labute approximate surface area is 97.5 Å². The van der Waals surface area contributed by atoms with E-state index in [0.717, 1.165) is 18.8 Å². The number of methoxy groups -OCH3 is 1. The van der Waals surface area contributed by atoms with Crippen molar-refractivity contribution in [2.75, 3.05) is 7.11 Å². The van der Waals surface area contributed by atoms with Gasteiger partial charge in [0, 0.05) is 0 Å². The van der Waals surface area contributed by atoms with Gasteiger partial charge in [0.05, 0.1) is 7.11 Å². The largest absolute Gasteiger partial charge is 0.467 e. The first-order valence-corrected chi connectivity index (χ1v) is 6.22. The molecule has 0 aromatic carbocycles. The zero-order valence-corrected chi connectivity index (χ0v) is 10.7. The summed E-state index contributed by atoms with van der Waals surface area (Å²) in [5.41, 5.74) is -0.927. The minimum Gasteiger partial charge on any atom is -0.467 e. The monoisotopic (exact) mass is 226 g/mol. The second-order valence-corrected chi connectivity index (χ2v) is 5.90. The summed E-state index contributed by atoms with van der Waals surface area (Å²) in [6, 6.07) is 0. The quantitative estimate of drug-likeness (QED) is 0.534. The first-order chi connectivity index (χ1) is 7.43. The summed E-state index contributed by atoms with van der Waals surface area (Å²) in [6.07, 6.45) is 4.35. The molecule has 1 aliphatic carbocycles. The minimum absolute atomic E-state index is 0.190. The van der Waals surface area contributed by atoms with Gasteiger partial charge in [-0.15, -0.1) is 0 Å². The molecule has 2 atom stereocenters. The second kappa shape index (κ2) is 3.73. The Balaban J connectivity index is 2.08. The molecular weight excluding hydrogens is 204 g/mol. The van der Waals surface area contributed by atoms with Gasteiger partial charge in [0.2, 0.25) is 0 Å². The summed E-state index contributed by atoms with van der Waals surface area (Å²) in [5, 5.41) is 0. The van der Waals surface area contributed by atoms with Crippen molar-refractivity contribution < 1.29 is 14.3 Å². The predicted octanol–water partition coefficient (Wildman–Crippen LogP) is 2.53. The number of ether oxygens (including phenoxy) is 2. The van der Waals surface area contributed by atoms with Crippen LogP contribution in [0.25, 0.3) is 0 Å². The number of carbonyl (C=O) groups is 1. The standard InChI is InChI=1S/C13H22O3/c1-9(2)7-13(11(14)15-4)12(3,16-13)8-10-5-6-10/h9-10H,5-8H2,1-4H3. The first kappa shape index (κ1) is 11.9. The Morgan fingerprint density at radius 1 is 1.50 bits per heavy atom. The van der Waals surface area contributed by atoms with Gasteiger partial charge in [-0.1, -0.05) is 26.7 Å². The van der Waals surface area contributed by atoms with E-state index < -0.39 is 5.60 Å². The molecule has 2 unspecified atom stereocenters. The second-order valence-electron chi connectivity index (χ2n) is 5.90. The van der Waals surface area contributed by atoms with Crippen molar-refractivity contribution in [1.82, 2.24) is 0 Å². The van der Waals surface area contributed by atoms with Crippen molar-refractivity contribution in [3.8, 4) is 0 Å². The van der Waals surface area contributed by atoms with Crippen molar-refractivity contribution in [2.45, 2.75) is 57.7 Å². The van der Waals surface area contributed by atoms with E-state index in [2.05, 4.69) is 20.8 Å². The zero-order valence-electron chi connectivity index (χ0n) is 10.7. The average molecular weight is 226 g/mol. The van der Waals surface area contributed by atoms with Crippen LogP contribution in [-0.2, 0) is 14.3 Å². The molecule has 0 bridgehead atoms. The molecule has 0 aromatic rings. The van der Waals surface area contributed by atoms with Crippen molar-refractivity contribution in [3.05, 3.63) is 0 Å². The lowest BCUT2D eigenvalue weighted by Crippen LogP contribution is -2.35. The molecule has 2 rings (SSSR count). The van der Waals surface area contributed by atoms with E-state index in [-0.39, 0.29) is 11.6 Å². The molecule has 1 heterocycles. The van der Waals surface area contributed by atoms with Gasteiger partial charge in [-0.3, -0.25) is 0 Å². The molecule has 3 heteroatoms. The van der Waals surface area contributed by atoms with Crippen LogP contribution in [0.2, 0.25) is 0 Å². The van der Waals surface area contributed by atoms with Crippen molar-refractivity contribution in [1.29, 1.82) is 0 Å². The maximum Gasteiger partial charge on any atom is 0.341 e. The van der Waals surface area contributed by atoms with Crippen LogP contribution in [0.4, 0.5) is 0 Å². The summed E-state index contributed by atoms with van der Waals surface area (Å²) in [6.45, 7) is 6.29. The van der Waals surface area contributed by atoms with Crippen LogP contribution in [-0.4, -0.2) is 24.3 Å². The van der Waals surface area contributed by atoms with Gasteiger partial charge >= 0.3 is 5.97 Å². The summed E-state index contributed by atoms with van der Waals surface area (Å²) < 4.78 is 10.7. The van der Waals surface area contributed by atoms with Crippen molar-refractivity contribution in [2.24, 2.45) is 11.8 Å². The highest BCUT2D eigenvalue weighted by Crippen LogP contribution is 2.58. The molecule has 3 nitrogen and oxygen atoms in total. The molecule has 2 aliphatic rings.